The number of benzene rings is 4. The molecule has 4 aromatic carbocycles. The van der Waals surface area contributed by atoms with Gasteiger partial charge in [0.1, 0.15) is 0 Å². The van der Waals surface area contributed by atoms with Crippen molar-refractivity contribution in [1.29, 1.82) is 0 Å². The summed E-state index contributed by atoms with van der Waals surface area (Å²) in [5.41, 5.74) is 15.2. The SMILES string of the molecule is Cl.Cl.[CH2]=[Zr]([C]1=CC(C(C)(C)C)=CC1)([C]1=C(C(C)(C)C)c2cc3c(cc2C1(C)C)Cc1cc2c(cc1-3)C(C(C)(C)C)=CC2(C)C)([c]1cccc(Cl)c1)[c]1cccc(Cl)c1. The molecular formula is C53H62Cl4Zr. The van der Waals surface area contributed by atoms with E-state index in [0.29, 0.717) is 0 Å². The van der Waals surface area contributed by atoms with E-state index in [1.165, 1.54) is 74.3 Å². The van der Waals surface area contributed by atoms with Crippen molar-refractivity contribution >= 4 is 69.9 Å². The topological polar surface area (TPSA) is 0 Å². The van der Waals surface area contributed by atoms with Crippen LogP contribution in [0.3, 0.4) is 0 Å². The van der Waals surface area contributed by atoms with Crippen molar-refractivity contribution in [1.82, 2.24) is 0 Å². The maximum absolute atomic E-state index is 7.07. The van der Waals surface area contributed by atoms with Gasteiger partial charge in [0, 0.05) is 0 Å². The quantitative estimate of drug-likeness (QED) is 0.168. The first-order valence-corrected chi connectivity index (χ1v) is 28.0. The average Bonchev–Trinajstić information content (AvgIpc) is 3.84. The van der Waals surface area contributed by atoms with E-state index in [9.17, 15) is 0 Å². The molecule has 4 aromatic rings. The van der Waals surface area contributed by atoms with E-state index >= 15 is 0 Å². The molecule has 0 saturated carbocycles. The molecule has 0 unspecified atom stereocenters. The molecule has 0 aliphatic heterocycles. The van der Waals surface area contributed by atoms with Gasteiger partial charge in [-0.3, -0.25) is 0 Å². The number of halogens is 4. The van der Waals surface area contributed by atoms with Gasteiger partial charge in [0.05, 0.1) is 0 Å². The number of hydrogen-bond donors (Lipinski definition) is 0. The molecule has 0 N–H and O–H groups in total. The number of allylic oxidation sites excluding steroid dienone is 8. The van der Waals surface area contributed by atoms with Crippen LogP contribution in [0, 0.1) is 16.2 Å². The molecule has 0 nitrogen and oxygen atoms in total. The van der Waals surface area contributed by atoms with Crippen LogP contribution in [0.1, 0.15) is 130 Å². The van der Waals surface area contributed by atoms with Gasteiger partial charge in [-0.15, -0.1) is 24.8 Å². The van der Waals surface area contributed by atoms with E-state index in [1.807, 2.05) is 12.1 Å². The van der Waals surface area contributed by atoms with Crippen molar-refractivity contribution in [2.45, 2.75) is 114 Å². The first-order valence-electron chi connectivity index (χ1n) is 20.6. The van der Waals surface area contributed by atoms with Gasteiger partial charge in [-0.05, 0) is 0 Å². The molecule has 0 saturated heterocycles. The minimum atomic E-state index is -5.26. The van der Waals surface area contributed by atoms with Crippen molar-refractivity contribution in [2.75, 3.05) is 0 Å². The summed E-state index contributed by atoms with van der Waals surface area (Å²) in [4.78, 5) is 0. The predicted molar refractivity (Wildman–Crippen MR) is 259 cm³/mol. The minimum absolute atomic E-state index is 0. The molecule has 4 aliphatic rings. The number of fused-ring (bicyclic) bond motifs is 5. The van der Waals surface area contributed by atoms with E-state index in [0.717, 1.165) is 22.9 Å². The standard InChI is InChI=1S/C31H37.C9H13.2C6H4Cl.CH2.2ClH.Zr/c1-28(2,3)26-16-30(7,8)24-12-18-11-19-13-25-23(15-21(19)20(18)14-22(24)26)27(29(4,5)6)17-31(25,9)10;1-9(2,3)8-6-4-5-7-8;2*7-6-4-2-1-3-5-6;;;;/h12-16H,11H2,1-10H3;6-7H,4H2,1-3H3;2*1-2,4-5H;1H2;2*1H;. The molecule has 5 heteroatoms. The van der Waals surface area contributed by atoms with Gasteiger partial charge in [0.2, 0.25) is 0 Å². The third-order valence-corrected chi connectivity index (χ3v) is 31.4. The summed E-state index contributed by atoms with van der Waals surface area (Å²) in [7, 11) is 0. The predicted octanol–water partition coefficient (Wildman–Crippen LogP) is 15.2. The first kappa shape index (κ1) is 45.3. The Kier molecular flexibility index (Phi) is 11.0. The molecule has 0 spiro atoms. The van der Waals surface area contributed by atoms with Crippen molar-refractivity contribution in [3.05, 3.63) is 147 Å². The van der Waals surface area contributed by atoms with E-state index in [1.54, 1.807) is 0 Å². The van der Waals surface area contributed by atoms with Crippen molar-refractivity contribution < 1.29 is 18.3 Å². The Labute approximate surface area is 372 Å². The normalized spacial score (nSPS) is 18.0. The van der Waals surface area contributed by atoms with Gasteiger partial charge in [-0.2, -0.15) is 0 Å². The van der Waals surface area contributed by atoms with Crippen LogP contribution in [-0.4, -0.2) is 4.21 Å². The molecule has 0 bridgehead atoms. The third-order valence-electron chi connectivity index (χ3n) is 13.9. The van der Waals surface area contributed by atoms with Gasteiger partial charge < -0.3 is 0 Å². The Hall–Kier alpha value is -2.25. The van der Waals surface area contributed by atoms with E-state index in [2.05, 4.69) is 169 Å². The van der Waals surface area contributed by atoms with Crippen molar-refractivity contribution in [3.8, 4) is 11.1 Å². The van der Waals surface area contributed by atoms with E-state index in [4.69, 9.17) is 27.4 Å². The summed E-state index contributed by atoms with van der Waals surface area (Å²) < 4.78 is 11.4. The molecule has 0 heterocycles. The molecular weight excluding hydrogens is 870 g/mol. The van der Waals surface area contributed by atoms with Gasteiger partial charge in [-0.1, -0.05) is 0 Å². The zero-order chi connectivity index (χ0) is 40.8. The summed E-state index contributed by atoms with van der Waals surface area (Å²) in [6, 6.07) is 27.8. The van der Waals surface area contributed by atoms with Gasteiger partial charge in [0.25, 0.3) is 0 Å². The molecule has 0 amide bonds. The second-order valence-electron chi connectivity index (χ2n) is 21.7. The fraction of sp³-hybridized carbons (Fsp3) is 0.377. The van der Waals surface area contributed by atoms with Crippen LogP contribution >= 0.6 is 48.0 Å². The Morgan fingerprint density at radius 1 is 0.621 bits per heavy atom. The van der Waals surface area contributed by atoms with Crippen molar-refractivity contribution in [2.24, 2.45) is 16.2 Å². The second kappa shape index (κ2) is 14.1. The summed E-state index contributed by atoms with van der Waals surface area (Å²) >= 11 is 8.89. The first-order chi connectivity index (χ1) is 25.8. The zero-order valence-corrected chi connectivity index (χ0v) is 42.5. The van der Waals surface area contributed by atoms with E-state index < -0.39 is 18.3 Å². The molecule has 8 rings (SSSR count). The number of rotatable bonds is 4. The van der Waals surface area contributed by atoms with Crippen LogP contribution in [0.4, 0.5) is 0 Å². The Morgan fingerprint density at radius 3 is 1.60 bits per heavy atom. The average molecular weight is 932 g/mol. The van der Waals surface area contributed by atoms with Crippen molar-refractivity contribution in [3.63, 3.8) is 0 Å². The van der Waals surface area contributed by atoms with Crippen LogP contribution < -0.4 is 6.54 Å². The maximum atomic E-state index is 7.07. The van der Waals surface area contributed by atoms with Crippen LogP contribution in [0.2, 0.25) is 10.0 Å². The molecule has 58 heavy (non-hydrogen) atoms. The third kappa shape index (κ3) is 6.50. The summed E-state index contributed by atoms with van der Waals surface area (Å²) in [5, 5.41) is 1.50. The fourth-order valence-corrected chi connectivity index (χ4v) is 30.5. The molecule has 0 atom stereocenters. The zero-order valence-electron chi connectivity index (χ0n) is 36.9. The van der Waals surface area contributed by atoms with Gasteiger partial charge in [-0.25, -0.2) is 0 Å². The van der Waals surface area contributed by atoms with Crippen LogP contribution in [0.5, 0.6) is 0 Å². The molecule has 306 valence electrons. The molecule has 0 aromatic heterocycles. The van der Waals surface area contributed by atoms with Crippen LogP contribution in [-0.2, 0) is 35.5 Å². The van der Waals surface area contributed by atoms with Gasteiger partial charge >= 0.3 is 351 Å². The Morgan fingerprint density at radius 2 is 1.14 bits per heavy atom. The summed E-state index contributed by atoms with van der Waals surface area (Å²) in [6.45, 7) is 31.1. The fourth-order valence-electron chi connectivity index (χ4n) is 11.3. The number of hydrogen-bond acceptors (Lipinski definition) is 0. The second-order valence-corrected chi connectivity index (χ2v) is 35.4. The van der Waals surface area contributed by atoms with Crippen LogP contribution in [0.25, 0.3) is 22.3 Å². The molecule has 4 aliphatic carbocycles. The summed E-state index contributed by atoms with van der Waals surface area (Å²) in [6.07, 6.45) is 9.36. The molecule has 0 fully saturated rings. The Bertz CT molecular complexity index is 2550. The molecule has 0 radical (unpaired) electrons. The monoisotopic (exact) mass is 928 g/mol. The van der Waals surface area contributed by atoms with Gasteiger partial charge in [0.15, 0.2) is 0 Å². The summed E-state index contributed by atoms with van der Waals surface area (Å²) in [5.74, 6) is 0. The van der Waals surface area contributed by atoms with Crippen LogP contribution in [0.15, 0.2) is 103 Å². The Balaban J connectivity index is 0.00000283. The van der Waals surface area contributed by atoms with E-state index in [-0.39, 0.29) is 51.9 Å².